The van der Waals surface area contributed by atoms with E-state index in [1.165, 1.54) is 12.1 Å². The lowest BCUT2D eigenvalue weighted by molar-refractivity contribution is -0.384. The Labute approximate surface area is 179 Å². The van der Waals surface area contributed by atoms with Crippen molar-refractivity contribution in [1.29, 1.82) is 5.26 Å². The number of nitro benzene ring substituents is 1. The topological polar surface area (TPSA) is 126 Å². The minimum atomic E-state index is -0.823. The van der Waals surface area contributed by atoms with E-state index in [1.807, 2.05) is 11.0 Å². The fraction of sp³-hybridized carbons (Fsp3) is 0.318. The molecular formula is C22H22N4O5. The number of nitro groups is 1. The molecule has 160 valence electrons. The molecule has 2 aromatic rings. The molecule has 2 aromatic carbocycles. The summed E-state index contributed by atoms with van der Waals surface area (Å²) in [6.07, 6.45) is 2.04. The highest BCUT2D eigenvalue weighted by molar-refractivity contribution is 5.96. The van der Waals surface area contributed by atoms with Crippen molar-refractivity contribution in [1.82, 2.24) is 0 Å². The molecule has 1 amide bonds. The third-order valence-electron chi connectivity index (χ3n) is 5.04. The number of benzene rings is 2. The lowest BCUT2D eigenvalue weighted by Crippen LogP contribution is -2.34. The van der Waals surface area contributed by atoms with Crippen LogP contribution in [0.5, 0.6) is 0 Å². The zero-order chi connectivity index (χ0) is 22.4. The van der Waals surface area contributed by atoms with Crippen LogP contribution in [0, 0.1) is 27.4 Å². The highest BCUT2D eigenvalue weighted by Gasteiger charge is 2.25. The maximum atomic E-state index is 12.3. The fourth-order valence-corrected chi connectivity index (χ4v) is 3.51. The van der Waals surface area contributed by atoms with Crippen molar-refractivity contribution in [3.05, 3.63) is 63.7 Å². The van der Waals surface area contributed by atoms with Crippen LogP contribution in [0.1, 0.15) is 35.7 Å². The second-order valence-electron chi connectivity index (χ2n) is 7.47. The van der Waals surface area contributed by atoms with Crippen molar-refractivity contribution in [3.8, 4) is 6.07 Å². The molecule has 1 N–H and O–H groups in total. The van der Waals surface area contributed by atoms with Gasteiger partial charge in [0.15, 0.2) is 6.61 Å². The van der Waals surface area contributed by atoms with Crippen molar-refractivity contribution in [2.75, 3.05) is 29.9 Å². The van der Waals surface area contributed by atoms with E-state index in [0.717, 1.165) is 25.9 Å². The van der Waals surface area contributed by atoms with E-state index in [-0.39, 0.29) is 11.3 Å². The van der Waals surface area contributed by atoms with Crippen molar-refractivity contribution < 1.29 is 19.2 Å². The summed E-state index contributed by atoms with van der Waals surface area (Å²) < 4.78 is 5.00. The molecule has 0 aromatic heterocycles. The molecule has 9 heteroatoms. The smallest absolute Gasteiger partial charge is 0.338 e. The maximum Gasteiger partial charge on any atom is 0.338 e. The van der Waals surface area contributed by atoms with Crippen LogP contribution in [0.2, 0.25) is 0 Å². The number of rotatable bonds is 6. The molecule has 9 nitrogen and oxygen atoms in total. The quantitative estimate of drug-likeness (QED) is 0.429. The first-order chi connectivity index (χ1) is 14.9. The molecule has 1 aliphatic rings. The SMILES string of the molecule is CC1CCCN(c2ccc(C(=O)OCC(=O)Nc3ccc(C#N)cc3)cc2[N+](=O)[O-])C1. The van der Waals surface area contributed by atoms with Crippen LogP contribution in [0.15, 0.2) is 42.5 Å². The Bertz CT molecular complexity index is 1030. The second kappa shape index (κ2) is 9.71. The number of amides is 1. The van der Waals surface area contributed by atoms with Gasteiger partial charge in [0.1, 0.15) is 5.69 Å². The number of nitriles is 1. The fourth-order valence-electron chi connectivity index (χ4n) is 3.51. The number of anilines is 2. The van der Waals surface area contributed by atoms with Gasteiger partial charge in [0.2, 0.25) is 0 Å². The molecule has 0 radical (unpaired) electrons. The van der Waals surface area contributed by atoms with Gasteiger partial charge in [-0.15, -0.1) is 0 Å². The van der Waals surface area contributed by atoms with Crippen LogP contribution in [-0.2, 0) is 9.53 Å². The van der Waals surface area contributed by atoms with Gasteiger partial charge in [0, 0.05) is 24.8 Å². The highest BCUT2D eigenvalue weighted by atomic mass is 16.6. The van der Waals surface area contributed by atoms with Gasteiger partial charge < -0.3 is 15.0 Å². The molecule has 0 bridgehead atoms. The average molecular weight is 422 g/mol. The zero-order valence-corrected chi connectivity index (χ0v) is 17.0. The summed E-state index contributed by atoms with van der Waals surface area (Å²) in [6, 6.07) is 12.4. The molecule has 0 aliphatic carbocycles. The first-order valence-corrected chi connectivity index (χ1v) is 9.88. The van der Waals surface area contributed by atoms with E-state index in [0.29, 0.717) is 22.9 Å². The number of esters is 1. The predicted octanol–water partition coefficient (Wildman–Crippen LogP) is 3.50. The second-order valence-corrected chi connectivity index (χ2v) is 7.47. The van der Waals surface area contributed by atoms with E-state index in [9.17, 15) is 19.7 Å². The highest BCUT2D eigenvalue weighted by Crippen LogP contribution is 2.32. The summed E-state index contributed by atoms with van der Waals surface area (Å²) in [5.41, 5.74) is 1.23. The van der Waals surface area contributed by atoms with E-state index in [4.69, 9.17) is 10.00 Å². The van der Waals surface area contributed by atoms with Crippen molar-refractivity contribution in [2.24, 2.45) is 5.92 Å². The first kappa shape index (κ1) is 21.8. The molecule has 1 saturated heterocycles. The van der Waals surface area contributed by atoms with Gasteiger partial charge in [-0.2, -0.15) is 5.26 Å². The summed E-state index contributed by atoms with van der Waals surface area (Å²) in [5.74, 6) is -0.948. The van der Waals surface area contributed by atoms with Crippen molar-refractivity contribution >= 4 is 28.9 Å². The molecule has 3 rings (SSSR count). The summed E-state index contributed by atoms with van der Waals surface area (Å²) >= 11 is 0. The van der Waals surface area contributed by atoms with Gasteiger partial charge >= 0.3 is 5.97 Å². The number of carbonyl (C=O) groups is 2. The van der Waals surface area contributed by atoms with E-state index < -0.39 is 23.4 Å². The number of hydrogen-bond acceptors (Lipinski definition) is 7. The van der Waals surface area contributed by atoms with Gasteiger partial charge in [-0.1, -0.05) is 6.92 Å². The van der Waals surface area contributed by atoms with Crippen LogP contribution in [0.3, 0.4) is 0 Å². The molecule has 31 heavy (non-hydrogen) atoms. The number of ether oxygens (including phenoxy) is 1. The molecular weight excluding hydrogens is 400 g/mol. The van der Waals surface area contributed by atoms with Crippen LogP contribution in [0.25, 0.3) is 0 Å². The summed E-state index contributed by atoms with van der Waals surface area (Å²) in [5, 5.41) is 22.9. The maximum absolute atomic E-state index is 12.3. The van der Waals surface area contributed by atoms with E-state index in [2.05, 4.69) is 12.2 Å². The van der Waals surface area contributed by atoms with Crippen LogP contribution in [0.4, 0.5) is 17.1 Å². The summed E-state index contributed by atoms with van der Waals surface area (Å²) in [7, 11) is 0. The zero-order valence-electron chi connectivity index (χ0n) is 17.0. The first-order valence-electron chi connectivity index (χ1n) is 9.88. The molecule has 0 saturated carbocycles. The van der Waals surface area contributed by atoms with E-state index in [1.54, 1.807) is 30.3 Å². The summed E-state index contributed by atoms with van der Waals surface area (Å²) in [6.45, 7) is 3.01. The Morgan fingerprint density at radius 2 is 2.03 bits per heavy atom. The monoisotopic (exact) mass is 422 g/mol. The van der Waals surface area contributed by atoms with Crippen molar-refractivity contribution in [3.63, 3.8) is 0 Å². The molecule has 0 spiro atoms. The third kappa shape index (κ3) is 5.57. The summed E-state index contributed by atoms with van der Waals surface area (Å²) in [4.78, 5) is 37.4. The van der Waals surface area contributed by atoms with Crippen molar-refractivity contribution in [2.45, 2.75) is 19.8 Å². The number of hydrogen-bond donors (Lipinski definition) is 1. The third-order valence-corrected chi connectivity index (χ3v) is 5.04. The van der Waals surface area contributed by atoms with Crippen LogP contribution >= 0.6 is 0 Å². The minimum absolute atomic E-state index is 0.00619. The van der Waals surface area contributed by atoms with Gasteiger partial charge in [-0.3, -0.25) is 14.9 Å². The average Bonchev–Trinajstić information content (AvgIpc) is 2.77. The minimum Gasteiger partial charge on any atom is -0.452 e. The van der Waals surface area contributed by atoms with E-state index >= 15 is 0 Å². The van der Waals surface area contributed by atoms with Crippen LogP contribution in [-0.4, -0.2) is 36.5 Å². The molecule has 1 heterocycles. The van der Waals surface area contributed by atoms with Gasteiger partial charge in [-0.05, 0) is 55.2 Å². The molecule has 1 unspecified atom stereocenters. The van der Waals surface area contributed by atoms with Gasteiger partial charge in [0.05, 0.1) is 22.1 Å². The Kier molecular flexibility index (Phi) is 6.82. The molecule has 1 fully saturated rings. The largest absolute Gasteiger partial charge is 0.452 e. The molecule has 1 aliphatic heterocycles. The normalized spacial score (nSPS) is 15.6. The van der Waals surface area contributed by atoms with Gasteiger partial charge in [0.25, 0.3) is 11.6 Å². The standard InChI is InChI=1S/C22H22N4O5/c1-15-3-2-10-25(13-15)19-9-6-17(11-20(19)26(29)30)22(28)31-14-21(27)24-18-7-4-16(12-23)5-8-18/h4-9,11,15H,2-3,10,13-14H2,1H3,(H,24,27). The predicted molar refractivity (Wildman–Crippen MR) is 114 cm³/mol. The Morgan fingerprint density at radius 1 is 1.29 bits per heavy atom. The van der Waals surface area contributed by atoms with Gasteiger partial charge in [-0.25, -0.2) is 4.79 Å². The molecule has 1 atom stereocenters. The van der Waals surface area contributed by atoms with Crippen LogP contribution < -0.4 is 10.2 Å². The Balaban J connectivity index is 1.64. The Hall–Kier alpha value is -3.93. The number of nitrogens with one attached hydrogen (secondary N) is 1. The number of piperidine rings is 1. The lowest BCUT2D eigenvalue weighted by Gasteiger charge is -2.32. The Morgan fingerprint density at radius 3 is 2.68 bits per heavy atom. The number of nitrogens with zero attached hydrogens (tertiary/aromatic N) is 3. The number of carbonyl (C=O) groups excluding carboxylic acids is 2. The lowest BCUT2D eigenvalue weighted by atomic mass is 9.99.